The molecule has 20 heavy (non-hydrogen) atoms. The Hall–Kier alpha value is -2.14. The number of aliphatic imine (C=N–C) groups is 1. The average molecular weight is 288 g/mol. The molecule has 0 aliphatic heterocycles. The van der Waals surface area contributed by atoms with Crippen molar-refractivity contribution in [3.05, 3.63) is 65.7 Å². The fourth-order valence-corrected chi connectivity index (χ4v) is 2.32. The maximum Gasteiger partial charge on any atom is 0.229 e. The summed E-state index contributed by atoms with van der Waals surface area (Å²) in [7, 11) is -3.29. The molecule has 0 heterocycles. The predicted molar refractivity (Wildman–Crippen MR) is 82.6 cm³/mol. The third-order valence-electron chi connectivity index (χ3n) is 2.60. The Morgan fingerprint density at radius 2 is 1.70 bits per heavy atom. The molecule has 0 aliphatic rings. The van der Waals surface area contributed by atoms with E-state index in [0.717, 1.165) is 17.4 Å². The van der Waals surface area contributed by atoms with E-state index >= 15 is 0 Å². The lowest BCUT2D eigenvalue weighted by molar-refractivity contribution is 0.607. The van der Waals surface area contributed by atoms with Crippen LogP contribution >= 0.6 is 0 Å². The molecule has 2 rings (SSSR count). The van der Waals surface area contributed by atoms with Crippen molar-refractivity contribution in [1.82, 2.24) is 0 Å². The molecule has 0 saturated heterocycles. The van der Waals surface area contributed by atoms with Gasteiger partial charge in [0, 0.05) is 11.8 Å². The molecule has 0 saturated carbocycles. The molecule has 2 aromatic carbocycles. The lowest BCUT2D eigenvalue weighted by atomic mass is 10.2. The van der Waals surface area contributed by atoms with E-state index in [1.807, 2.05) is 42.5 Å². The molecule has 2 aromatic rings. The summed E-state index contributed by atoms with van der Waals surface area (Å²) in [5.41, 5.74) is 2.39. The van der Waals surface area contributed by atoms with Gasteiger partial charge in [0.2, 0.25) is 10.0 Å². The number of nitrogens with zero attached hydrogens (tertiary/aromatic N) is 1. The van der Waals surface area contributed by atoms with Gasteiger partial charge in [-0.15, -0.1) is 0 Å². The number of rotatable bonds is 5. The first kappa shape index (κ1) is 14.3. The van der Waals surface area contributed by atoms with E-state index in [4.69, 9.17) is 0 Å². The lowest BCUT2D eigenvalue weighted by Gasteiger charge is -2.06. The highest BCUT2D eigenvalue weighted by atomic mass is 32.2. The lowest BCUT2D eigenvalue weighted by Crippen LogP contribution is -2.11. The van der Waals surface area contributed by atoms with E-state index in [2.05, 4.69) is 9.71 Å². The number of para-hydroxylation sites is 1. The number of sulfonamides is 1. The summed E-state index contributed by atoms with van der Waals surface area (Å²) in [5, 5.41) is 0. The van der Waals surface area contributed by atoms with Crippen LogP contribution in [0.1, 0.15) is 11.1 Å². The van der Waals surface area contributed by atoms with E-state index in [9.17, 15) is 8.42 Å². The smallest absolute Gasteiger partial charge is 0.229 e. The van der Waals surface area contributed by atoms with E-state index in [-0.39, 0.29) is 0 Å². The van der Waals surface area contributed by atoms with E-state index in [1.165, 1.54) is 0 Å². The maximum atomic E-state index is 11.3. The largest absolute Gasteiger partial charge is 0.288 e. The van der Waals surface area contributed by atoms with Gasteiger partial charge in [-0.1, -0.05) is 48.5 Å². The summed E-state index contributed by atoms with van der Waals surface area (Å²) in [6.45, 7) is 0.564. The molecule has 0 fully saturated rings. The van der Waals surface area contributed by atoms with Gasteiger partial charge in [0.1, 0.15) is 0 Å². The summed E-state index contributed by atoms with van der Waals surface area (Å²) >= 11 is 0. The minimum atomic E-state index is -3.29. The third-order valence-corrected chi connectivity index (χ3v) is 3.19. The molecule has 0 unspecified atom stereocenters. The van der Waals surface area contributed by atoms with Crippen molar-refractivity contribution < 1.29 is 8.42 Å². The quantitative estimate of drug-likeness (QED) is 0.860. The highest BCUT2D eigenvalue weighted by Crippen LogP contribution is 2.14. The first-order valence-electron chi connectivity index (χ1n) is 6.15. The zero-order valence-corrected chi connectivity index (χ0v) is 12.0. The van der Waals surface area contributed by atoms with Crippen molar-refractivity contribution >= 4 is 21.9 Å². The van der Waals surface area contributed by atoms with Crippen LogP contribution in [0, 0.1) is 0 Å². The molecular formula is C15H16N2O2S. The van der Waals surface area contributed by atoms with Crippen molar-refractivity contribution in [2.24, 2.45) is 4.99 Å². The number of anilines is 1. The topological polar surface area (TPSA) is 58.5 Å². The maximum absolute atomic E-state index is 11.3. The molecule has 104 valence electrons. The van der Waals surface area contributed by atoms with E-state index in [0.29, 0.717) is 12.2 Å². The van der Waals surface area contributed by atoms with Crippen LogP contribution in [0.4, 0.5) is 5.69 Å². The summed E-state index contributed by atoms with van der Waals surface area (Å²) in [4.78, 5) is 4.34. The standard InChI is InChI=1S/C15H16N2O2S/c1-20(18,19)17-15-10-6-5-9-14(15)12-16-11-13-7-3-2-4-8-13/h2-10,12,17H,11H2,1H3. The normalized spacial score (nSPS) is 11.7. The van der Waals surface area contributed by atoms with E-state index < -0.39 is 10.0 Å². The van der Waals surface area contributed by atoms with Crippen LogP contribution in [0.2, 0.25) is 0 Å². The van der Waals surface area contributed by atoms with Crippen molar-refractivity contribution in [3.8, 4) is 0 Å². The van der Waals surface area contributed by atoms with Crippen LogP contribution < -0.4 is 4.72 Å². The van der Waals surface area contributed by atoms with Gasteiger partial charge >= 0.3 is 0 Å². The SMILES string of the molecule is CS(=O)(=O)Nc1ccccc1C=NCc1ccccc1. The van der Waals surface area contributed by atoms with Gasteiger partial charge < -0.3 is 0 Å². The Labute approximate surface area is 119 Å². The Morgan fingerprint density at radius 1 is 1.05 bits per heavy atom. The van der Waals surface area contributed by atoms with Crippen LogP contribution in [0.15, 0.2) is 59.6 Å². The number of hydrogen-bond acceptors (Lipinski definition) is 3. The van der Waals surface area contributed by atoms with Crippen LogP contribution in [-0.4, -0.2) is 20.9 Å². The van der Waals surface area contributed by atoms with Gasteiger partial charge in [0.25, 0.3) is 0 Å². The minimum absolute atomic E-state index is 0.534. The molecule has 0 aliphatic carbocycles. The van der Waals surface area contributed by atoms with Gasteiger partial charge in [0.05, 0.1) is 18.5 Å². The number of hydrogen-bond donors (Lipinski definition) is 1. The Balaban J connectivity index is 2.13. The Bertz CT molecular complexity index is 695. The van der Waals surface area contributed by atoms with E-state index in [1.54, 1.807) is 18.3 Å². The summed E-state index contributed by atoms with van der Waals surface area (Å²) in [6, 6.07) is 17.0. The fourth-order valence-electron chi connectivity index (χ4n) is 1.74. The van der Waals surface area contributed by atoms with Crippen molar-refractivity contribution in [3.63, 3.8) is 0 Å². The molecule has 0 radical (unpaired) electrons. The molecule has 1 N–H and O–H groups in total. The second-order valence-electron chi connectivity index (χ2n) is 4.42. The molecule has 0 bridgehead atoms. The van der Waals surface area contributed by atoms with Crippen molar-refractivity contribution in [2.45, 2.75) is 6.54 Å². The summed E-state index contributed by atoms with van der Waals surface area (Å²) in [6.07, 6.45) is 2.81. The minimum Gasteiger partial charge on any atom is -0.288 e. The molecule has 0 amide bonds. The molecule has 0 atom stereocenters. The second kappa shape index (κ2) is 6.34. The van der Waals surface area contributed by atoms with Crippen LogP contribution in [0.3, 0.4) is 0 Å². The van der Waals surface area contributed by atoms with Gasteiger partial charge in [-0.05, 0) is 11.6 Å². The monoisotopic (exact) mass is 288 g/mol. The Morgan fingerprint density at radius 3 is 2.40 bits per heavy atom. The highest BCUT2D eigenvalue weighted by Gasteiger charge is 2.04. The van der Waals surface area contributed by atoms with Crippen LogP contribution in [-0.2, 0) is 16.6 Å². The molecule has 0 aromatic heterocycles. The number of nitrogens with one attached hydrogen (secondary N) is 1. The zero-order chi connectivity index (χ0) is 14.4. The van der Waals surface area contributed by atoms with Crippen LogP contribution in [0.25, 0.3) is 0 Å². The molecule has 0 spiro atoms. The fraction of sp³-hybridized carbons (Fsp3) is 0.133. The first-order chi connectivity index (χ1) is 9.54. The summed E-state index contributed by atoms with van der Waals surface area (Å²) < 4.78 is 25.1. The first-order valence-corrected chi connectivity index (χ1v) is 8.04. The zero-order valence-electron chi connectivity index (χ0n) is 11.2. The van der Waals surface area contributed by atoms with Crippen molar-refractivity contribution in [1.29, 1.82) is 0 Å². The van der Waals surface area contributed by atoms with Crippen molar-refractivity contribution in [2.75, 3.05) is 11.0 Å². The van der Waals surface area contributed by atoms with Gasteiger partial charge in [-0.3, -0.25) is 9.71 Å². The molecular weight excluding hydrogens is 272 g/mol. The second-order valence-corrected chi connectivity index (χ2v) is 6.17. The predicted octanol–water partition coefficient (Wildman–Crippen LogP) is 2.68. The average Bonchev–Trinajstić information content (AvgIpc) is 2.40. The Kier molecular flexibility index (Phi) is 4.53. The summed E-state index contributed by atoms with van der Waals surface area (Å²) in [5.74, 6) is 0. The van der Waals surface area contributed by atoms with Crippen LogP contribution in [0.5, 0.6) is 0 Å². The van der Waals surface area contributed by atoms with Gasteiger partial charge in [-0.2, -0.15) is 0 Å². The molecule has 5 heteroatoms. The van der Waals surface area contributed by atoms with Gasteiger partial charge in [0.15, 0.2) is 0 Å². The number of benzene rings is 2. The van der Waals surface area contributed by atoms with Gasteiger partial charge in [-0.25, -0.2) is 8.42 Å². The molecule has 4 nitrogen and oxygen atoms in total. The third kappa shape index (κ3) is 4.51. The highest BCUT2D eigenvalue weighted by molar-refractivity contribution is 7.92.